The van der Waals surface area contributed by atoms with Gasteiger partial charge in [0.15, 0.2) is 0 Å². The van der Waals surface area contributed by atoms with Crippen LogP contribution >= 0.6 is 0 Å². The van der Waals surface area contributed by atoms with Crippen molar-refractivity contribution in [1.82, 2.24) is 4.90 Å². The molecule has 0 aromatic rings. The van der Waals surface area contributed by atoms with Gasteiger partial charge in [0.05, 0.1) is 12.6 Å². The van der Waals surface area contributed by atoms with Gasteiger partial charge in [-0.15, -0.1) is 0 Å². The summed E-state index contributed by atoms with van der Waals surface area (Å²) < 4.78 is 5.21. The molecule has 0 aromatic heterocycles. The molecule has 16 heavy (non-hydrogen) atoms. The number of likely N-dealkylation sites (tertiary alicyclic amines) is 1. The van der Waals surface area contributed by atoms with Gasteiger partial charge >= 0.3 is 5.97 Å². The van der Waals surface area contributed by atoms with Crippen LogP contribution in [0.5, 0.6) is 0 Å². The smallest absolute Gasteiger partial charge is 0.320 e. The zero-order valence-electron chi connectivity index (χ0n) is 10.4. The number of rotatable bonds is 3. The lowest BCUT2D eigenvalue weighted by Crippen LogP contribution is -2.39. The molecule has 2 unspecified atom stereocenters. The van der Waals surface area contributed by atoms with Gasteiger partial charge in [-0.1, -0.05) is 12.8 Å². The number of hydrogen-bond acceptors (Lipinski definition) is 3. The van der Waals surface area contributed by atoms with E-state index in [9.17, 15) is 4.79 Å². The number of hydrogen-bond donors (Lipinski definition) is 0. The first-order valence-corrected chi connectivity index (χ1v) is 6.60. The molecule has 0 amide bonds. The third-order valence-electron chi connectivity index (χ3n) is 3.82. The fourth-order valence-corrected chi connectivity index (χ4v) is 3.17. The van der Waals surface area contributed by atoms with E-state index in [0.29, 0.717) is 12.6 Å². The summed E-state index contributed by atoms with van der Waals surface area (Å²) >= 11 is 0. The highest BCUT2D eigenvalue weighted by Crippen LogP contribution is 2.35. The number of esters is 1. The topological polar surface area (TPSA) is 29.5 Å². The van der Waals surface area contributed by atoms with Gasteiger partial charge in [0.25, 0.3) is 0 Å². The molecule has 0 bridgehead atoms. The molecule has 0 spiro atoms. The summed E-state index contributed by atoms with van der Waals surface area (Å²) in [5.74, 6) is 0.793. The summed E-state index contributed by atoms with van der Waals surface area (Å²) in [6.07, 6.45) is 6.64. The van der Waals surface area contributed by atoms with E-state index in [1.54, 1.807) is 0 Å². The van der Waals surface area contributed by atoms with Crippen molar-refractivity contribution in [3.63, 3.8) is 0 Å². The van der Waals surface area contributed by atoms with Gasteiger partial charge in [-0.2, -0.15) is 0 Å². The lowest BCUT2D eigenvalue weighted by Gasteiger charge is -2.31. The fraction of sp³-hybridized carbons (Fsp3) is 0.923. The van der Waals surface area contributed by atoms with Gasteiger partial charge in [0.1, 0.15) is 0 Å². The second-order valence-corrected chi connectivity index (χ2v) is 5.41. The molecule has 1 aliphatic carbocycles. The number of ether oxygens (including phenoxy) is 1. The summed E-state index contributed by atoms with van der Waals surface area (Å²) in [5, 5.41) is 0. The lowest BCUT2D eigenvalue weighted by atomic mass is 9.85. The number of carbonyl (C=O) groups excluding carboxylic acids is 1. The molecule has 1 aliphatic heterocycles. The van der Waals surface area contributed by atoms with Gasteiger partial charge in [-0.3, -0.25) is 9.69 Å². The summed E-state index contributed by atoms with van der Waals surface area (Å²) in [6.45, 7) is 5.40. The van der Waals surface area contributed by atoms with E-state index in [1.165, 1.54) is 32.1 Å². The Bertz CT molecular complexity index is 252. The Hall–Kier alpha value is -0.570. The minimum absolute atomic E-state index is 0.0113. The maximum Gasteiger partial charge on any atom is 0.320 e. The standard InChI is InChI=1S/C13H23NO2/c1-10(2)16-13(15)9-14-8-7-11-5-3-4-6-12(11)14/h10-12H,3-9H2,1-2H3. The first-order valence-electron chi connectivity index (χ1n) is 6.60. The summed E-state index contributed by atoms with van der Waals surface area (Å²) in [6, 6.07) is 0.661. The molecule has 2 atom stereocenters. The Balaban J connectivity index is 1.83. The number of nitrogens with zero attached hydrogens (tertiary/aromatic N) is 1. The average molecular weight is 225 g/mol. The molecule has 2 rings (SSSR count). The molecule has 0 N–H and O–H groups in total. The van der Waals surface area contributed by atoms with Crippen LogP contribution in [0.4, 0.5) is 0 Å². The van der Waals surface area contributed by atoms with E-state index in [-0.39, 0.29) is 12.1 Å². The van der Waals surface area contributed by atoms with Crippen LogP contribution in [0.1, 0.15) is 46.0 Å². The molecular formula is C13H23NO2. The Kier molecular flexibility index (Phi) is 3.85. The molecule has 0 radical (unpaired) electrons. The van der Waals surface area contributed by atoms with E-state index in [2.05, 4.69) is 4.90 Å². The van der Waals surface area contributed by atoms with E-state index in [0.717, 1.165) is 12.5 Å². The van der Waals surface area contributed by atoms with Crippen molar-refractivity contribution in [3.05, 3.63) is 0 Å². The molecular weight excluding hydrogens is 202 g/mol. The zero-order chi connectivity index (χ0) is 11.5. The second kappa shape index (κ2) is 5.17. The van der Waals surface area contributed by atoms with Gasteiger partial charge in [0, 0.05) is 6.04 Å². The van der Waals surface area contributed by atoms with Gasteiger partial charge in [0.2, 0.25) is 0 Å². The van der Waals surface area contributed by atoms with Crippen LogP contribution in [0.15, 0.2) is 0 Å². The van der Waals surface area contributed by atoms with E-state index < -0.39 is 0 Å². The van der Waals surface area contributed by atoms with Crippen LogP contribution in [-0.2, 0) is 9.53 Å². The maximum absolute atomic E-state index is 11.6. The van der Waals surface area contributed by atoms with Crippen LogP contribution in [0.2, 0.25) is 0 Å². The minimum atomic E-state index is -0.0544. The molecule has 2 fully saturated rings. The van der Waals surface area contributed by atoms with Crippen molar-refractivity contribution in [2.45, 2.75) is 58.1 Å². The fourth-order valence-electron chi connectivity index (χ4n) is 3.17. The van der Waals surface area contributed by atoms with Crippen molar-refractivity contribution in [1.29, 1.82) is 0 Å². The van der Waals surface area contributed by atoms with Crippen LogP contribution < -0.4 is 0 Å². The highest BCUT2D eigenvalue weighted by molar-refractivity contribution is 5.71. The van der Waals surface area contributed by atoms with E-state index in [1.807, 2.05) is 13.8 Å². The number of fused-ring (bicyclic) bond motifs is 1. The first kappa shape index (κ1) is 11.9. The SMILES string of the molecule is CC(C)OC(=O)CN1CCC2CCCCC21. The van der Waals surface area contributed by atoms with Crippen LogP contribution in [0, 0.1) is 5.92 Å². The molecule has 1 heterocycles. The molecule has 3 heteroatoms. The largest absolute Gasteiger partial charge is 0.462 e. The highest BCUT2D eigenvalue weighted by atomic mass is 16.5. The highest BCUT2D eigenvalue weighted by Gasteiger charge is 2.36. The summed E-state index contributed by atoms with van der Waals surface area (Å²) in [4.78, 5) is 14.0. The molecule has 1 saturated carbocycles. The third kappa shape index (κ3) is 2.76. The zero-order valence-corrected chi connectivity index (χ0v) is 10.4. The minimum Gasteiger partial charge on any atom is -0.462 e. The van der Waals surface area contributed by atoms with E-state index >= 15 is 0 Å². The Morgan fingerprint density at radius 1 is 1.31 bits per heavy atom. The van der Waals surface area contributed by atoms with Gasteiger partial charge in [-0.25, -0.2) is 0 Å². The predicted molar refractivity (Wildman–Crippen MR) is 63.2 cm³/mol. The second-order valence-electron chi connectivity index (χ2n) is 5.41. The monoisotopic (exact) mass is 225 g/mol. The lowest BCUT2D eigenvalue weighted by molar-refractivity contribution is -0.149. The maximum atomic E-state index is 11.6. The van der Waals surface area contributed by atoms with Crippen molar-refractivity contribution in [2.75, 3.05) is 13.1 Å². The Morgan fingerprint density at radius 3 is 2.81 bits per heavy atom. The molecule has 2 aliphatic rings. The Labute approximate surface area is 98.1 Å². The summed E-state index contributed by atoms with van der Waals surface area (Å²) in [5.41, 5.74) is 0. The normalized spacial score (nSPS) is 30.4. The summed E-state index contributed by atoms with van der Waals surface area (Å²) in [7, 11) is 0. The molecule has 1 saturated heterocycles. The Morgan fingerprint density at radius 2 is 2.06 bits per heavy atom. The van der Waals surface area contributed by atoms with Gasteiger partial charge in [-0.05, 0) is 45.6 Å². The van der Waals surface area contributed by atoms with Crippen molar-refractivity contribution >= 4 is 5.97 Å². The van der Waals surface area contributed by atoms with Gasteiger partial charge < -0.3 is 4.74 Å². The first-order chi connectivity index (χ1) is 7.66. The van der Waals surface area contributed by atoms with Crippen LogP contribution in [-0.4, -0.2) is 36.1 Å². The molecule has 0 aromatic carbocycles. The third-order valence-corrected chi connectivity index (χ3v) is 3.82. The van der Waals surface area contributed by atoms with Crippen molar-refractivity contribution in [2.24, 2.45) is 5.92 Å². The molecule has 92 valence electrons. The van der Waals surface area contributed by atoms with E-state index in [4.69, 9.17) is 4.74 Å². The van der Waals surface area contributed by atoms with Crippen molar-refractivity contribution in [3.8, 4) is 0 Å². The average Bonchev–Trinajstić information content (AvgIpc) is 2.61. The molecule has 3 nitrogen and oxygen atoms in total. The van der Waals surface area contributed by atoms with Crippen molar-refractivity contribution < 1.29 is 9.53 Å². The quantitative estimate of drug-likeness (QED) is 0.690. The van der Waals surface area contributed by atoms with Crippen LogP contribution in [0.25, 0.3) is 0 Å². The van der Waals surface area contributed by atoms with Crippen LogP contribution in [0.3, 0.4) is 0 Å². The number of carbonyl (C=O) groups is 1. The predicted octanol–water partition coefficient (Wildman–Crippen LogP) is 2.20.